The summed E-state index contributed by atoms with van der Waals surface area (Å²) in [5.74, 6) is 1.76. The number of nitrogens with two attached hydrogens (primary N) is 1. The Morgan fingerprint density at radius 3 is 2.52 bits per heavy atom. The lowest BCUT2D eigenvalue weighted by molar-refractivity contribution is 0.0948. The van der Waals surface area contributed by atoms with E-state index in [0.29, 0.717) is 30.0 Å². The van der Waals surface area contributed by atoms with E-state index < -0.39 is 8.07 Å². The zero-order chi connectivity index (χ0) is 28.5. The fourth-order valence-electron chi connectivity index (χ4n) is 4.22. The highest BCUT2D eigenvalue weighted by atomic mass is 28.3. The van der Waals surface area contributed by atoms with Crippen LogP contribution in [-0.2, 0) is 4.74 Å². The summed E-state index contributed by atoms with van der Waals surface area (Å²) < 4.78 is 11.8. The van der Waals surface area contributed by atoms with Crippen LogP contribution in [0.25, 0.3) is 0 Å². The van der Waals surface area contributed by atoms with Crippen molar-refractivity contribution in [2.45, 2.75) is 25.7 Å². The van der Waals surface area contributed by atoms with Gasteiger partial charge in [-0.1, -0.05) is 32.3 Å². The van der Waals surface area contributed by atoms with Crippen LogP contribution in [-0.4, -0.2) is 83.0 Å². The Morgan fingerprint density at radius 2 is 1.82 bits per heavy atom. The lowest BCUT2D eigenvalue weighted by Crippen LogP contribution is -2.44. The first-order chi connectivity index (χ1) is 19.2. The number of ether oxygens (including phenoxy) is 2. The third-order valence-corrected chi connectivity index (χ3v) is 8.45. The average molecular weight is 562 g/mol. The second-order valence-corrected chi connectivity index (χ2v) is 17.0. The Morgan fingerprint density at radius 1 is 1.07 bits per heavy atom. The Kier molecular flexibility index (Phi) is 10.0. The molecular formula is C30H43N7O2Si. The number of aliphatic imine (C=N–C) groups is 2. The Bertz CT molecular complexity index is 1230. The van der Waals surface area contributed by atoms with Gasteiger partial charge in [0, 0.05) is 75.8 Å². The molecule has 2 aromatic rings. The molecule has 0 radical (unpaired) electrons. The predicted octanol–water partition coefficient (Wildman–Crippen LogP) is 4.92. The fourth-order valence-corrected chi connectivity index (χ4v) is 4.97. The van der Waals surface area contributed by atoms with E-state index in [0.717, 1.165) is 50.1 Å². The second-order valence-electron chi connectivity index (χ2n) is 11.4. The quantitative estimate of drug-likeness (QED) is 0.140. The van der Waals surface area contributed by atoms with E-state index in [9.17, 15) is 0 Å². The third kappa shape index (κ3) is 8.97. The summed E-state index contributed by atoms with van der Waals surface area (Å²) >= 11 is 0. The van der Waals surface area contributed by atoms with Gasteiger partial charge in [0.25, 0.3) is 0 Å². The highest BCUT2D eigenvalue weighted by Crippen LogP contribution is 2.21. The molecule has 2 aromatic carbocycles. The summed E-state index contributed by atoms with van der Waals surface area (Å²) in [6.45, 7) is 16.6. The zero-order valence-corrected chi connectivity index (χ0v) is 25.3. The molecule has 0 amide bonds. The maximum absolute atomic E-state index is 5.98. The smallest absolute Gasteiger partial charge is 0.227 e. The van der Waals surface area contributed by atoms with Crippen molar-refractivity contribution in [3.8, 4) is 5.75 Å². The van der Waals surface area contributed by atoms with E-state index in [-0.39, 0.29) is 6.73 Å². The number of nitrogen functional groups attached to an aromatic ring is 1. The molecule has 2 aliphatic heterocycles. The highest BCUT2D eigenvalue weighted by Gasteiger charge is 2.20. The molecule has 0 aromatic heterocycles. The standard InChI is InChI=1S/C30H43N7O2Si/c1-24-13-14-37(23-38-19-20-40(3,4)5)29(24)34-30(32-22-39-28-8-6-7-25(31)21-28)33-26-9-11-27(12-10-26)36-17-15-35(2)16-18-36/h6-14,21H,1,15-20,22-23,31H2,2-5H3,(H,32,33). The van der Waals surface area contributed by atoms with Gasteiger partial charge in [-0.25, -0.2) is 4.99 Å². The molecule has 0 saturated carbocycles. The molecule has 0 aliphatic carbocycles. The van der Waals surface area contributed by atoms with Gasteiger partial charge in [-0.2, -0.15) is 4.99 Å². The van der Waals surface area contributed by atoms with E-state index in [2.05, 4.69) is 77.6 Å². The Labute approximate surface area is 239 Å². The minimum atomic E-state index is -1.16. The van der Waals surface area contributed by atoms with Gasteiger partial charge in [0.15, 0.2) is 6.73 Å². The molecule has 10 heteroatoms. The van der Waals surface area contributed by atoms with Crippen molar-refractivity contribution in [3.05, 3.63) is 73.0 Å². The van der Waals surface area contributed by atoms with E-state index in [1.165, 1.54) is 5.69 Å². The Balaban J connectivity index is 1.48. The van der Waals surface area contributed by atoms with E-state index >= 15 is 0 Å². The molecule has 2 aliphatic rings. The topological polar surface area (TPSA) is 90.9 Å². The summed E-state index contributed by atoms with van der Waals surface area (Å²) in [6.07, 6.45) is 3.88. The van der Waals surface area contributed by atoms with Gasteiger partial charge < -0.3 is 35.2 Å². The van der Waals surface area contributed by atoms with Gasteiger partial charge in [0.05, 0.1) is 0 Å². The minimum Gasteiger partial charge on any atom is -0.471 e. The van der Waals surface area contributed by atoms with E-state index in [4.69, 9.17) is 20.2 Å². The molecule has 9 nitrogen and oxygen atoms in total. The van der Waals surface area contributed by atoms with Crippen molar-refractivity contribution in [1.82, 2.24) is 9.80 Å². The second kappa shape index (κ2) is 13.6. The molecule has 4 rings (SSSR count). The first-order valence-electron chi connectivity index (χ1n) is 13.8. The molecular weight excluding hydrogens is 518 g/mol. The maximum Gasteiger partial charge on any atom is 0.227 e. The van der Waals surface area contributed by atoms with Crippen LogP contribution in [0.5, 0.6) is 5.75 Å². The zero-order valence-electron chi connectivity index (χ0n) is 24.3. The SMILES string of the molecule is C=C1C=CN(COCC[Si](C)(C)C)C1=NC(=NCOc1cccc(N)c1)Nc1ccc(N2CCN(C)CC2)cc1. The van der Waals surface area contributed by atoms with Crippen molar-refractivity contribution < 1.29 is 9.47 Å². The summed E-state index contributed by atoms with van der Waals surface area (Å²) in [5.41, 5.74) is 9.42. The Hall–Kier alpha value is -3.60. The lowest BCUT2D eigenvalue weighted by atomic mass is 10.2. The monoisotopic (exact) mass is 561 g/mol. The number of nitrogens with one attached hydrogen (secondary N) is 1. The lowest BCUT2D eigenvalue weighted by Gasteiger charge is -2.34. The minimum absolute atomic E-state index is 0.0779. The van der Waals surface area contributed by atoms with Gasteiger partial charge in [-0.05, 0) is 55.6 Å². The number of rotatable bonds is 10. The van der Waals surface area contributed by atoms with Crippen LogP contribution in [0.15, 0.2) is 82.9 Å². The maximum atomic E-state index is 5.98. The van der Waals surface area contributed by atoms with Crippen LogP contribution in [0.2, 0.25) is 25.7 Å². The first kappa shape index (κ1) is 29.4. The number of amidine groups is 1. The van der Waals surface area contributed by atoms with Gasteiger partial charge >= 0.3 is 0 Å². The van der Waals surface area contributed by atoms with Crippen molar-refractivity contribution in [1.29, 1.82) is 0 Å². The fraction of sp³-hybridized carbons (Fsp3) is 0.400. The van der Waals surface area contributed by atoms with Crippen LogP contribution < -0.4 is 20.7 Å². The van der Waals surface area contributed by atoms with Gasteiger partial charge in [-0.3, -0.25) is 0 Å². The molecule has 2 heterocycles. The van der Waals surface area contributed by atoms with Crippen molar-refractivity contribution in [2.75, 3.05) is 69.2 Å². The van der Waals surface area contributed by atoms with Crippen molar-refractivity contribution in [2.24, 2.45) is 9.98 Å². The number of hydrogen-bond donors (Lipinski definition) is 2. The van der Waals surface area contributed by atoms with Crippen molar-refractivity contribution >= 4 is 36.9 Å². The molecule has 0 unspecified atom stereocenters. The number of likely N-dealkylation sites (N-methyl/N-ethyl adjacent to an activating group) is 1. The number of piperazine rings is 1. The summed E-state index contributed by atoms with van der Waals surface area (Å²) in [6, 6.07) is 16.8. The van der Waals surface area contributed by atoms with Gasteiger partial charge in [0.1, 0.15) is 18.3 Å². The molecule has 214 valence electrons. The molecule has 0 spiro atoms. The van der Waals surface area contributed by atoms with Crippen LogP contribution >= 0.6 is 0 Å². The number of anilines is 3. The summed E-state index contributed by atoms with van der Waals surface area (Å²) in [4.78, 5) is 16.2. The molecule has 40 heavy (non-hydrogen) atoms. The van der Waals surface area contributed by atoms with Crippen molar-refractivity contribution in [3.63, 3.8) is 0 Å². The third-order valence-electron chi connectivity index (χ3n) is 6.75. The summed E-state index contributed by atoms with van der Waals surface area (Å²) in [7, 11) is 1.00. The molecule has 1 fully saturated rings. The van der Waals surface area contributed by atoms with Crippen LogP contribution in [0.3, 0.4) is 0 Å². The molecule has 3 N–H and O–H groups in total. The first-order valence-corrected chi connectivity index (χ1v) is 17.5. The largest absolute Gasteiger partial charge is 0.471 e. The number of benzene rings is 2. The number of hydrogen-bond acceptors (Lipinski definition) is 6. The van der Waals surface area contributed by atoms with Crippen LogP contribution in [0, 0.1) is 0 Å². The van der Waals surface area contributed by atoms with E-state index in [1.807, 2.05) is 35.4 Å². The van der Waals surface area contributed by atoms with Gasteiger partial charge in [-0.15, -0.1) is 0 Å². The number of nitrogens with zero attached hydrogens (tertiary/aromatic N) is 5. The van der Waals surface area contributed by atoms with Gasteiger partial charge in [0.2, 0.25) is 5.96 Å². The normalized spacial score (nSPS) is 17.6. The molecule has 0 atom stereocenters. The molecule has 0 bridgehead atoms. The van der Waals surface area contributed by atoms with E-state index in [1.54, 1.807) is 6.07 Å². The molecule has 1 saturated heterocycles. The highest BCUT2D eigenvalue weighted by molar-refractivity contribution is 6.76. The number of guanidine groups is 1. The summed E-state index contributed by atoms with van der Waals surface area (Å²) in [5, 5.41) is 3.37. The average Bonchev–Trinajstić information content (AvgIpc) is 3.26. The van der Waals surface area contributed by atoms with Crippen LogP contribution in [0.1, 0.15) is 0 Å². The predicted molar refractivity (Wildman–Crippen MR) is 170 cm³/mol. The van der Waals surface area contributed by atoms with Crippen LogP contribution in [0.4, 0.5) is 17.1 Å².